The first-order valence-electron chi connectivity index (χ1n) is 5.54. The van der Waals surface area contributed by atoms with Crippen molar-refractivity contribution in [3.05, 3.63) is 30.3 Å². The molecule has 0 fully saturated rings. The highest BCUT2D eigenvalue weighted by molar-refractivity contribution is 7.99. The average molecular weight is 280 g/mol. The quantitative estimate of drug-likeness (QED) is 0.596. The van der Waals surface area contributed by atoms with Gasteiger partial charge in [0.25, 0.3) is 0 Å². The summed E-state index contributed by atoms with van der Waals surface area (Å²) < 4.78 is 6.76. The number of hydrogen-bond donors (Lipinski definition) is 1. The molecule has 0 aliphatic rings. The Bertz CT molecular complexity index is 532. The smallest absolute Gasteiger partial charge is 0.325 e. The van der Waals surface area contributed by atoms with Gasteiger partial charge in [0.1, 0.15) is 12.3 Å². The zero-order valence-electron chi connectivity index (χ0n) is 9.97. The van der Waals surface area contributed by atoms with E-state index in [-0.39, 0.29) is 6.54 Å². The molecule has 0 saturated carbocycles. The van der Waals surface area contributed by atoms with Gasteiger partial charge in [-0.05, 0) is 22.6 Å². The normalized spacial score (nSPS) is 10.3. The second kappa shape index (κ2) is 6.74. The molecule has 0 atom stereocenters. The molecule has 0 saturated heterocycles. The minimum Gasteiger partial charge on any atom is -0.493 e. The van der Waals surface area contributed by atoms with Crippen LogP contribution in [-0.2, 0) is 11.3 Å². The number of tetrazole rings is 1. The molecule has 8 heteroatoms. The molecule has 1 aromatic carbocycles. The van der Waals surface area contributed by atoms with Gasteiger partial charge < -0.3 is 9.84 Å². The lowest BCUT2D eigenvalue weighted by molar-refractivity contribution is -0.138. The number of ether oxygens (including phenoxy) is 1. The zero-order chi connectivity index (χ0) is 13.5. The molecule has 100 valence electrons. The lowest BCUT2D eigenvalue weighted by atomic mass is 10.3. The number of thioether (sulfide) groups is 1. The molecule has 19 heavy (non-hydrogen) atoms. The Morgan fingerprint density at radius 2 is 2.16 bits per heavy atom. The summed E-state index contributed by atoms with van der Waals surface area (Å²) in [6.45, 7) is 0.253. The fourth-order valence-corrected chi connectivity index (χ4v) is 2.03. The van der Waals surface area contributed by atoms with Crippen LogP contribution in [0.5, 0.6) is 5.75 Å². The molecule has 7 nitrogen and oxygen atoms in total. The second-order valence-electron chi connectivity index (χ2n) is 3.52. The monoisotopic (exact) mass is 280 g/mol. The van der Waals surface area contributed by atoms with E-state index < -0.39 is 5.97 Å². The number of para-hydroxylation sites is 1. The average Bonchev–Trinajstić information content (AvgIpc) is 2.82. The molecule has 0 spiro atoms. The molecule has 0 aliphatic carbocycles. The molecule has 0 aliphatic heterocycles. The highest BCUT2D eigenvalue weighted by atomic mass is 32.2. The first-order valence-corrected chi connectivity index (χ1v) is 6.53. The van der Waals surface area contributed by atoms with Gasteiger partial charge in [-0.15, -0.1) is 5.10 Å². The topological polar surface area (TPSA) is 90.1 Å². The van der Waals surface area contributed by atoms with Gasteiger partial charge in [-0.2, -0.15) is 0 Å². The van der Waals surface area contributed by atoms with Crippen LogP contribution in [0.4, 0.5) is 0 Å². The summed E-state index contributed by atoms with van der Waals surface area (Å²) in [5.74, 6) is 0.456. The van der Waals surface area contributed by atoms with Gasteiger partial charge in [0.15, 0.2) is 0 Å². The van der Waals surface area contributed by atoms with Crippen LogP contribution in [0, 0.1) is 0 Å². The van der Waals surface area contributed by atoms with Crippen LogP contribution in [0.15, 0.2) is 35.5 Å². The van der Waals surface area contributed by atoms with Crippen LogP contribution in [0.25, 0.3) is 0 Å². The predicted molar refractivity (Wildman–Crippen MR) is 68.1 cm³/mol. The Balaban J connectivity index is 1.77. The maximum atomic E-state index is 10.6. The predicted octanol–water partition coefficient (Wildman–Crippen LogP) is 0.929. The standard InChI is InChI=1S/C11H12N4O3S/c16-10(17)8-15-11(12-13-14-15)19-7-6-18-9-4-2-1-3-5-9/h1-5H,6-8H2,(H,16,17). The first-order chi connectivity index (χ1) is 9.25. The molecule has 0 amide bonds. The number of aliphatic carboxylic acids is 1. The number of hydrogen-bond acceptors (Lipinski definition) is 6. The SMILES string of the molecule is O=C(O)Cn1nnnc1SCCOc1ccccc1. The van der Waals surface area contributed by atoms with Crippen molar-refractivity contribution in [2.45, 2.75) is 11.7 Å². The van der Waals surface area contributed by atoms with Gasteiger partial charge in [0.2, 0.25) is 5.16 Å². The summed E-state index contributed by atoms with van der Waals surface area (Å²) in [6.07, 6.45) is 0. The van der Waals surface area contributed by atoms with Gasteiger partial charge in [0, 0.05) is 5.75 Å². The number of carboxylic acids is 1. The summed E-state index contributed by atoms with van der Waals surface area (Å²) >= 11 is 1.35. The Labute approximate surface area is 113 Å². The van der Waals surface area contributed by atoms with E-state index in [1.165, 1.54) is 16.4 Å². The fraction of sp³-hybridized carbons (Fsp3) is 0.273. The maximum absolute atomic E-state index is 10.6. The summed E-state index contributed by atoms with van der Waals surface area (Å²) in [7, 11) is 0. The van der Waals surface area contributed by atoms with E-state index in [4.69, 9.17) is 9.84 Å². The number of aromatic nitrogens is 4. The number of rotatable bonds is 7. The first kappa shape index (κ1) is 13.3. The highest BCUT2D eigenvalue weighted by Crippen LogP contribution is 2.14. The molecule has 1 heterocycles. The van der Waals surface area contributed by atoms with Crippen molar-refractivity contribution in [1.29, 1.82) is 0 Å². The van der Waals surface area contributed by atoms with E-state index in [0.29, 0.717) is 17.5 Å². The van der Waals surface area contributed by atoms with Crippen LogP contribution in [0.3, 0.4) is 0 Å². The van der Waals surface area contributed by atoms with E-state index in [1.807, 2.05) is 30.3 Å². The largest absolute Gasteiger partial charge is 0.493 e. The van der Waals surface area contributed by atoms with Crippen molar-refractivity contribution in [1.82, 2.24) is 20.2 Å². The van der Waals surface area contributed by atoms with Gasteiger partial charge in [0.05, 0.1) is 6.61 Å². The van der Waals surface area contributed by atoms with Crippen molar-refractivity contribution >= 4 is 17.7 Å². The fourth-order valence-electron chi connectivity index (χ4n) is 1.34. The van der Waals surface area contributed by atoms with E-state index >= 15 is 0 Å². The van der Waals surface area contributed by atoms with Gasteiger partial charge in [-0.1, -0.05) is 30.0 Å². The van der Waals surface area contributed by atoms with Crippen LogP contribution in [-0.4, -0.2) is 43.6 Å². The van der Waals surface area contributed by atoms with Crippen LogP contribution >= 0.6 is 11.8 Å². The molecule has 2 rings (SSSR count). The number of nitrogens with zero attached hydrogens (tertiary/aromatic N) is 4. The van der Waals surface area contributed by atoms with Gasteiger partial charge >= 0.3 is 5.97 Å². The van der Waals surface area contributed by atoms with E-state index in [2.05, 4.69) is 15.5 Å². The van der Waals surface area contributed by atoms with Crippen LogP contribution < -0.4 is 4.74 Å². The molecule has 1 aromatic heterocycles. The molecular formula is C11H12N4O3S. The highest BCUT2D eigenvalue weighted by Gasteiger charge is 2.09. The van der Waals surface area contributed by atoms with E-state index in [1.54, 1.807) is 0 Å². The molecule has 0 radical (unpaired) electrons. The minimum atomic E-state index is -0.977. The van der Waals surface area contributed by atoms with Crippen LogP contribution in [0.2, 0.25) is 0 Å². The van der Waals surface area contributed by atoms with E-state index in [9.17, 15) is 4.79 Å². The van der Waals surface area contributed by atoms with Gasteiger partial charge in [-0.25, -0.2) is 4.68 Å². The molecule has 0 bridgehead atoms. The molecular weight excluding hydrogens is 268 g/mol. The summed E-state index contributed by atoms with van der Waals surface area (Å²) in [5.41, 5.74) is 0. The van der Waals surface area contributed by atoms with Crippen LogP contribution in [0.1, 0.15) is 0 Å². The Morgan fingerprint density at radius 3 is 2.89 bits per heavy atom. The lowest BCUT2D eigenvalue weighted by Crippen LogP contribution is -2.12. The molecule has 2 aromatic rings. The second-order valence-corrected chi connectivity index (χ2v) is 4.58. The Kier molecular flexibility index (Phi) is 4.73. The van der Waals surface area contributed by atoms with Crippen molar-refractivity contribution in [2.24, 2.45) is 0 Å². The summed E-state index contributed by atoms with van der Waals surface area (Å²) in [4.78, 5) is 10.6. The third-order valence-electron chi connectivity index (χ3n) is 2.11. The van der Waals surface area contributed by atoms with Crippen molar-refractivity contribution in [3.63, 3.8) is 0 Å². The van der Waals surface area contributed by atoms with Crippen molar-refractivity contribution in [2.75, 3.05) is 12.4 Å². The number of carboxylic acid groups (broad SMARTS) is 1. The lowest BCUT2D eigenvalue weighted by Gasteiger charge is -2.05. The third-order valence-corrected chi connectivity index (χ3v) is 3.03. The molecule has 1 N–H and O–H groups in total. The number of carbonyl (C=O) groups is 1. The Morgan fingerprint density at radius 1 is 1.37 bits per heavy atom. The summed E-state index contributed by atoms with van der Waals surface area (Å²) in [6, 6.07) is 9.46. The zero-order valence-corrected chi connectivity index (χ0v) is 10.8. The third kappa shape index (κ3) is 4.25. The summed E-state index contributed by atoms with van der Waals surface area (Å²) in [5, 5.41) is 20.0. The van der Waals surface area contributed by atoms with Gasteiger partial charge in [-0.3, -0.25) is 4.79 Å². The minimum absolute atomic E-state index is 0.241. The van der Waals surface area contributed by atoms with E-state index in [0.717, 1.165) is 5.75 Å². The van der Waals surface area contributed by atoms with Crippen molar-refractivity contribution < 1.29 is 14.6 Å². The van der Waals surface area contributed by atoms with Crippen molar-refractivity contribution in [3.8, 4) is 5.75 Å². The Hall–Kier alpha value is -2.09. The number of benzene rings is 1. The molecule has 0 unspecified atom stereocenters. The maximum Gasteiger partial charge on any atom is 0.325 e.